The fourth-order valence-electron chi connectivity index (χ4n) is 2.81. The average Bonchev–Trinajstić information content (AvgIpc) is 2.66. The summed E-state index contributed by atoms with van der Waals surface area (Å²) < 4.78 is 16.4. The Kier molecular flexibility index (Phi) is 7.72. The molecule has 1 aromatic heterocycles. The van der Waals surface area contributed by atoms with Crippen LogP contribution < -0.4 is 20.1 Å². The second-order valence-electron chi connectivity index (χ2n) is 9.55. The van der Waals surface area contributed by atoms with E-state index in [-0.39, 0.29) is 5.91 Å². The summed E-state index contributed by atoms with van der Waals surface area (Å²) in [5.41, 5.74) is 0.273. The van der Waals surface area contributed by atoms with E-state index < -0.39 is 23.2 Å². The fourth-order valence-corrected chi connectivity index (χ4v) is 2.81. The lowest BCUT2D eigenvalue weighted by Gasteiger charge is -2.31. The largest absolute Gasteiger partial charge is 0.496 e. The zero-order chi connectivity index (χ0) is 24.1. The van der Waals surface area contributed by atoms with Crippen molar-refractivity contribution < 1.29 is 23.8 Å². The number of amides is 2. The summed E-state index contributed by atoms with van der Waals surface area (Å²) >= 11 is 0. The van der Waals surface area contributed by atoms with Gasteiger partial charge in [0.2, 0.25) is 11.8 Å². The summed E-state index contributed by atoms with van der Waals surface area (Å²) in [7, 11) is 1.60. The van der Waals surface area contributed by atoms with E-state index in [9.17, 15) is 9.59 Å². The second kappa shape index (κ2) is 9.89. The highest BCUT2D eigenvalue weighted by molar-refractivity contribution is 5.97. The predicted molar refractivity (Wildman–Crippen MR) is 123 cm³/mol. The van der Waals surface area contributed by atoms with E-state index in [4.69, 9.17) is 14.2 Å². The Morgan fingerprint density at radius 2 is 1.72 bits per heavy atom. The molecule has 2 aromatic rings. The van der Waals surface area contributed by atoms with Gasteiger partial charge in [0.1, 0.15) is 23.1 Å². The Morgan fingerprint density at radius 3 is 2.25 bits per heavy atom. The van der Waals surface area contributed by atoms with Gasteiger partial charge in [-0.1, -0.05) is 26.8 Å². The summed E-state index contributed by atoms with van der Waals surface area (Å²) in [6.07, 6.45) is 0.842. The number of ether oxygens (including phenoxy) is 3. The molecule has 32 heavy (non-hydrogen) atoms. The first-order chi connectivity index (χ1) is 14.8. The zero-order valence-electron chi connectivity index (χ0n) is 20.0. The molecule has 174 valence electrons. The van der Waals surface area contributed by atoms with Gasteiger partial charge in [-0.05, 0) is 50.8 Å². The van der Waals surface area contributed by atoms with Crippen LogP contribution in [0.3, 0.4) is 0 Å². The van der Waals surface area contributed by atoms with Gasteiger partial charge in [-0.2, -0.15) is 0 Å². The molecular formula is C24H33N3O5. The van der Waals surface area contributed by atoms with Crippen LogP contribution in [0, 0.1) is 12.3 Å². The molecule has 1 heterocycles. The molecule has 8 nitrogen and oxygen atoms in total. The standard InChI is InChI=1S/C24H33N3O5/c1-15-9-11-17(13-18(15)30-8)31-19-12-10-16(14-25-19)26-21(28)20(23(2,3)4)27-22(29)32-24(5,6)7/h9-14,20H,1-8H3,(H,26,28)(H,27,29)/t20-/m0/s1. The van der Waals surface area contributed by atoms with E-state index in [0.717, 1.165) is 11.3 Å². The maximum atomic E-state index is 12.9. The van der Waals surface area contributed by atoms with E-state index in [1.807, 2.05) is 39.8 Å². The van der Waals surface area contributed by atoms with Crippen molar-refractivity contribution in [2.75, 3.05) is 12.4 Å². The van der Waals surface area contributed by atoms with Gasteiger partial charge in [0.25, 0.3) is 0 Å². The third kappa shape index (κ3) is 7.44. The molecule has 0 aliphatic rings. The molecule has 8 heteroatoms. The van der Waals surface area contributed by atoms with Gasteiger partial charge in [0.05, 0.1) is 19.0 Å². The third-order valence-electron chi connectivity index (χ3n) is 4.40. The SMILES string of the molecule is COc1cc(Oc2ccc(NC(=O)[C@H](NC(=O)OC(C)(C)C)C(C)(C)C)cn2)ccc1C. The van der Waals surface area contributed by atoms with Crippen molar-refractivity contribution in [1.29, 1.82) is 0 Å². The summed E-state index contributed by atoms with van der Waals surface area (Å²) in [6.45, 7) is 12.8. The summed E-state index contributed by atoms with van der Waals surface area (Å²) in [5, 5.41) is 5.45. The first-order valence-electron chi connectivity index (χ1n) is 10.4. The van der Waals surface area contributed by atoms with Crippen LogP contribution in [0.4, 0.5) is 10.5 Å². The summed E-state index contributed by atoms with van der Waals surface area (Å²) in [4.78, 5) is 29.3. The first kappa shape index (κ1) is 25.0. The molecule has 0 radical (unpaired) electrons. The number of methoxy groups -OCH3 is 1. The fraction of sp³-hybridized carbons (Fsp3) is 0.458. The highest BCUT2D eigenvalue weighted by Gasteiger charge is 2.34. The summed E-state index contributed by atoms with van der Waals surface area (Å²) in [5.74, 6) is 1.30. The van der Waals surface area contributed by atoms with Gasteiger partial charge in [0, 0.05) is 12.1 Å². The highest BCUT2D eigenvalue weighted by atomic mass is 16.6. The van der Waals surface area contributed by atoms with E-state index in [0.29, 0.717) is 17.3 Å². The molecule has 1 atom stereocenters. The van der Waals surface area contributed by atoms with Crippen LogP contribution in [-0.4, -0.2) is 35.7 Å². The molecular weight excluding hydrogens is 410 g/mol. The van der Waals surface area contributed by atoms with Crippen LogP contribution in [0.5, 0.6) is 17.4 Å². The highest BCUT2D eigenvalue weighted by Crippen LogP contribution is 2.27. The number of hydrogen-bond donors (Lipinski definition) is 2. The van der Waals surface area contributed by atoms with Crippen molar-refractivity contribution in [1.82, 2.24) is 10.3 Å². The topological polar surface area (TPSA) is 98.8 Å². The molecule has 2 rings (SSSR count). The molecule has 2 amide bonds. The van der Waals surface area contributed by atoms with Gasteiger partial charge in [-0.25, -0.2) is 9.78 Å². The number of carbonyl (C=O) groups excluding carboxylic acids is 2. The lowest BCUT2D eigenvalue weighted by molar-refractivity contribution is -0.120. The van der Waals surface area contributed by atoms with Gasteiger partial charge in [0.15, 0.2) is 0 Å². The Balaban J connectivity index is 2.07. The van der Waals surface area contributed by atoms with Crippen LogP contribution >= 0.6 is 0 Å². The molecule has 0 saturated carbocycles. The van der Waals surface area contributed by atoms with Crippen LogP contribution in [0.25, 0.3) is 0 Å². The van der Waals surface area contributed by atoms with Crippen LogP contribution in [0.2, 0.25) is 0 Å². The second-order valence-corrected chi connectivity index (χ2v) is 9.55. The summed E-state index contributed by atoms with van der Waals surface area (Å²) in [6, 6.07) is 8.02. The maximum absolute atomic E-state index is 12.9. The van der Waals surface area contributed by atoms with Crippen LogP contribution in [0.1, 0.15) is 47.1 Å². The van der Waals surface area contributed by atoms with Gasteiger partial charge in [-0.15, -0.1) is 0 Å². The number of carbonyl (C=O) groups is 2. The zero-order valence-corrected chi connectivity index (χ0v) is 20.0. The van der Waals surface area contributed by atoms with E-state index in [1.165, 1.54) is 6.20 Å². The third-order valence-corrected chi connectivity index (χ3v) is 4.40. The first-order valence-corrected chi connectivity index (χ1v) is 10.4. The minimum absolute atomic E-state index is 0.369. The van der Waals surface area contributed by atoms with Crippen molar-refractivity contribution in [2.45, 2.75) is 60.1 Å². The van der Waals surface area contributed by atoms with Crippen LogP contribution in [-0.2, 0) is 9.53 Å². The van der Waals surface area contributed by atoms with E-state index in [1.54, 1.807) is 46.1 Å². The quantitative estimate of drug-likeness (QED) is 0.647. The van der Waals surface area contributed by atoms with E-state index >= 15 is 0 Å². The number of rotatable bonds is 6. The normalized spacial score (nSPS) is 12.5. The molecule has 0 unspecified atom stereocenters. The Bertz CT molecular complexity index is 944. The lowest BCUT2D eigenvalue weighted by Crippen LogP contribution is -2.52. The number of nitrogens with zero attached hydrogens (tertiary/aromatic N) is 1. The van der Waals surface area contributed by atoms with E-state index in [2.05, 4.69) is 15.6 Å². The number of anilines is 1. The molecule has 0 aliphatic carbocycles. The molecule has 0 fully saturated rings. The number of hydrogen-bond acceptors (Lipinski definition) is 6. The number of alkyl carbamates (subject to hydrolysis) is 1. The number of pyridine rings is 1. The minimum atomic E-state index is -0.812. The van der Waals surface area contributed by atoms with Gasteiger partial charge < -0.3 is 24.8 Å². The Hall–Kier alpha value is -3.29. The van der Waals surface area contributed by atoms with Crippen molar-refractivity contribution in [3.05, 3.63) is 42.1 Å². The molecule has 0 aliphatic heterocycles. The smallest absolute Gasteiger partial charge is 0.408 e. The van der Waals surface area contributed by atoms with Crippen molar-refractivity contribution in [2.24, 2.45) is 5.41 Å². The van der Waals surface area contributed by atoms with Gasteiger partial charge >= 0.3 is 6.09 Å². The monoisotopic (exact) mass is 443 g/mol. The maximum Gasteiger partial charge on any atom is 0.408 e. The Labute approximate surface area is 189 Å². The number of aryl methyl sites for hydroxylation is 1. The Morgan fingerprint density at radius 1 is 1.03 bits per heavy atom. The minimum Gasteiger partial charge on any atom is -0.496 e. The predicted octanol–water partition coefficient (Wildman–Crippen LogP) is 5.07. The number of aromatic nitrogens is 1. The molecule has 0 spiro atoms. The average molecular weight is 444 g/mol. The van der Waals surface area contributed by atoms with Crippen molar-refractivity contribution >= 4 is 17.7 Å². The molecule has 1 aromatic carbocycles. The molecule has 2 N–H and O–H groups in total. The van der Waals surface area contributed by atoms with Gasteiger partial charge in [-0.3, -0.25) is 4.79 Å². The molecule has 0 bridgehead atoms. The number of benzene rings is 1. The van der Waals surface area contributed by atoms with Crippen molar-refractivity contribution in [3.8, 4) is 17.4 Å². The lowest BCUT2D eigenvalue weighted by atomic mass is 9.86. The molecule has 0 saturated heterocycles. The number of nitrogens with one attached hydrogen (secondary N) is 2. The van der Waals surface area contributed by atoms with Crippen molar-refractivity contribution in [3.63, 3.8) is 0 Å². The van der Waals surface area contributed by atoms with Crippen LogP contribution in [0.15, 0.2) is 36.5 Å².